The van der Waals surface area contributed by atoms with Gasteiger partial charge in [0.05, 0.1) is 0 Å². The fourth-order valence-corrected chi connectivity index (χ4v) is 3.51. The zero-order chi connectivity index (χ0) is 28.9. The minimum Gasteiger partial charge on any atom is -0.423 e. The molecule has 200 valence electrons. The molecular weight excluding hydrogens is 492 g/mol. The number of hydrogen-bond donors (Lipinski definition) is 0. The molecule has 0 spiro atoms. The summed E-state index contributed by atoms with van der Waals surface area (Å²) in [5.74, 6) is -0.457. The first kappa shape index (κ1) is 30.3. The third kappa shape index (κ3) is 8.54. The van der Waals surface area contributed by atoms with Gasteiger partial charge in [0, 0.05) is 23.8 Å². The molecule has 0 saturated heterocycles. The summed E-state index contributed by atoms with van der Waals surface area (Å²) in [5, 5.41) is 0. The molecule has 0 heterocycles. The summed E-state index contributed by atoms with van der Waals surface area (Å²) in [6, 6.07) is 17.7. The SMILES string of the molecule is C=CC.C=CC(=O)Oc1ccc(-c2cc(C(C)C)c(-c3ccc(OC(=O)C=C)cc3)cc2OC(=O)C=C)cc1. The van der Waals surface area contributed by atoms with Gasteiger partial charge in [0.1, 0.15) is 17.2 Å². The van der Waals surface area contributed by atoms with Crippen molar-refractivity contribution in [3.8, 4) is 39.5 Å². The highest BCUT2D eigenvalue weighted by Crippen LogP contribution is 2.40. The second kappa shape index (κ2) is 14.7. The van der Waals surface area contributed by atoms with E-state index >= 15 is 0 Å². The number of allylic oxidation sites excluding steroid dienone is 1. The predicted molar refractivity (Wildman–Crippen MR) is 155 cm³/mol. The minimum atomic E-state index is -0.595. The Morgan fingerprint density at radius 2 is 1.03 bits per heavy atom. The van der Waals surface area contributed by atoms with E-state index in [4.69, 9.17) is 14.2 Å². The number of esters is 3. The van der Waals surface area contributed by atoms with Crippen molar-refractivity contribution in [2.45, 2.75) is 26.7 Å². The summed E-state index contributed by atoms with van der Waals surface area (Å²) in [7, 11) is 0. The molecule has 0 saturated carbocycles. The quantitative estimate of drug-likeness (QED) is 0.124. The molecular formula is C33H32O6. The molecule has 0 amide bonds. The van der Waals surface area contributed by atoms with Crippen molar-refractivity contribution >= 4 is 17.9 Å². The number of benzene rings is 3. The summed E-state index contributed by atoms with van der Waals surface area (Å²) in [4.78, 5) is 35.1. The number of ether oxygens (including phenoxy) is 3. The lowest BCUT2D eigenvalue weighted by Gasteiger charge is -2.19. The molecule has 0 radical (unpaired) electrons. The maximum atomic E-state index is 12.2. The molecule has 6 heteroatoms. The van der Waals surface area contributed by atoms with Crippen LogP contribution in [0.2, 0.25) is 0 Å². The third-order valence-corrected chi connectivity index (χ3v) is 5.25. The Balaban J connectivity index is 0.00000170. The van der Waals surface area contributed by atoms with Crippen LogP contribution in [0.1, 0.15) is 32.3 Å². The van der Waals surface area contributed by atoms with Gasteiger partial charge in [0.25, 0.3) is 0 Å². The van der Waals surface area contributed by atoms with E-state index < -0.39 is 17.9 Å². The van der Waals surface area contributed by atoms with E-state index in [-0.39, 0.29) is 5.92 Å². The van der Waals surface area contributed by atoms with Crippen LogP contribution in [-0.2, 0) is 14.4 Å². The molecule has 3 aromatic carbocycles. The molecule has 3 aromatic rings. The number of rotatable bonds is 9. The average Bonchev–Trinajstić information content (AvgIpc) is 2.93. The first-order chi connectivity index (χ1) is 18.7. The first-order valence-corrected chi connectivity index (χ1v) is 12.2. The molecule has 0 atom stereocenters. The van der Waals surface area contributed by atoms with Gasteiger partial charge in [0.15, 0.2) is 0 Å². The third-order valence-electron chi connectivity index (χ3n) is 5.25. The largest absolute Gasteiger partial charge is 0.423 e. The van der Waals surface area contributed by atoms with Gasteiger partial charge in [-0.1, -0.05) is 63.9 Å². The molecule has 0 fully saturated rings. The summed E-state index contributed by atoms with van der Waals surface area (Å²) in [6.45, 7) is 19.7. The van der Waals surface area contributed by atoms with Crippen LogP contribution in [0.5, 0.6) is 17.2 Å². The molecule has 6 nitrogen and oxygen atoms in total. The van der Waals surface area contributed by atoms with Gasteiger partial charge in [-0.15, -0.1) is 6.58 Å². The van der Waals surface area contributed by atoms with Crippen molar-refractivity contribution in [2.24, 2.45) is 0 Å². The second-order valence-corrected chi connectivity index (χ2v) is 8.42. The summed E-state index contributed by atoms with van der Waals surface area (Å²) in [6.07, 6.45) is 5.03. The number of carbonyl (C=O) groups is 3. The maximum absolute atomic E-state index is 12.2. The van der Waals surface area contributed by atoms with Crippen LogP contribution in [-0.4, -0.2) is 17.9 Å². The van der Waals surface area contributed by atoms with Crippen LogP contribution >= 0.6 is 0 Å². The highest BCUT2D eigenvalue weighted by atomic mass is 16.5. The molecule has 0 N–H and O–H groups in total. The van der Waals surface area contributed by atoms with E-state index in [9.17, 15) is 14.4 Å². The van der Waals surface area contributed by atoms with E-state index in [1.165, 1.54) is 0 Å². The van der Waals surface area contributed by atoms with Gasteiger partial charge < -0.3 is 14.2 Å². The molecule has 0 aliphatic carbocycles. The van der Waals surface area contributed by atoms with Crippen molar-refractivity contribution in [3.05, 3.63) is 117 Å². The summed E-state index contributed by atoms with van der Waals surface area (Å²) in [5.41, 5.74) is 4.18. The van der Waals surface area contributed by atoms with E-state index in [1.807, 2.05) is 31.2 Å². The summed E-state index contributed by atoms with van der Waals surface area (Å²) >= 11 is 0. The normalized spacial score (nSPS) is 9.85. The lowest BCUT2D eigenvalue weighted by molar-refractivity contribution is -0.129. The summed E-state index contributed by atoms with van der Waals surface area (Å²) < 4.78 is 15.9. The van der Waals surface area contributed by atoms with Crippen LogP contribution in [0.4, 0.5) is 0 Å². The fraction of sp³-hybridized carbons (Fsp3) is 0.121. The van der Waals surface area contributed by atoms with Crippen molar-refractivity contribution in [3.63, 3.8) is 0 Å². The second-order valence-electron chi connectivity index (χ2n) is 8.42. The van der Waals surface area contributed by atoms with Crippen molar-refractivity contribution < 1.29 is 28.6 Å². The number of hydrogen-bond acceptors (Lipinski definition) is 6. The Labute approximate surface area is 229 Å². The molecule has 3 rings (SSSR count). The Bertz CT molecular complexity index is 1360. The molecule has 0 aliphatic rings. The first-order valence-electron chi connectivity index (χ1n) is 12.2. The zero-order valence-corrected chi connectivity index (χ0v) is 22.4. The van der Waals surface area contributed by atoms with Crippen molar-refractivity contribution in [2.75, 3.05) is 0 Å². The molecule has 0 unspecified atom stereocenters. The van der Waals surface area contributed by atoms with Gasteiger partial charge in [-0.3, -0.25) is 0 Å². The minimum absolute atomic E-state index is 0.133. The smallest absolute Gasteiger partial charge is 0.335 e. The standard InChI is InChI=1S/C30H26O6.C3H6/c1-6-28(31)34-22-13-9-20(10-14-22)25-18-27(36-30(33)8-3)26(17-24(25)19(4)5)21-11-15-23(16-12-21)35-29(32)7-2;1-3-2/h6-19H,1-3H2,4-5H3;3H,1H2,2H3. The molecule has 0 aromatic heterocycles. The van der Waals surface area contributed by atoms with Crippen LogP contribution in [0, 0.1) is 0 Å². The number of carbonyl (C=O) groups excluding carboxylic acids is 3. The van der Waals surface area contributed by atoms with E-state index in [0.717, 1.165) is 40.5 Å². The topological polar surface area (TPSA) is 78.9 Å². The van der Waals surface area contributed by atoms with Gasteiger partial charge in [0.2, 0.25) is 0 Å². The molecule has 0 bridgehead atoms. The lowest BCUT2D eigenvalue weighted by atomic mass is 9.88. The Morgan fingerprint density at radius 1 is 0.641 bits per heavy atom. The van der Waals surface area contributed by atoms with Gasteiger partial charge in [-0.25, -0.2) is 14.4 Å². The zero-order valence-electron chi connectivity index (χ0n) is 22.4. The average molecular weight is 525 g/mol. The van der Waals surface area contributed by atoms with Gasteiger partial charge in [-0.05, 0) is 71.5 Å². The maximum Gasteiger partial charge on any atom is 0.335 e. The Hall–Kier alpha value is -4.97. The highest BCUT2D eigenvalue weighted by Gasteiger charge is 2.18. The fourth-order valence-electron chi connectivity index (χ4n) is 3.51. The Morgan fingerprint density at radius 3 is 1.41 bits per heavy atom. The van der Waals surface area contributed by atoms with Crippen LogP contribution in [0.15, 0.2) is 111 Å². The van der Waals surface area contributed by atoms with Gasteiger partial charge in [-0.2, -0.15) is 0 Å². The van der Waals surface area contributed by atoms with E-state index in [2.05, 4.69) is 40.2 Å². The highest BCUT2D eigenvalue weighted by molar-refractivity contribution is 5.88. The van der Waals surface area contributed by atoms with Crippen LogP contribution in [0.25, 0.3) is 22.3 Å². The molecule has 39 heavy (non-hydrogen) atoms. The van der Waals surface area contributed by atoms with E-state index in [1.54, 1.807) is 42.5 Å². The Kier molecular flexibility index (Phi) is 11.4. The van der Waals surface area contributed by atoms with Gasteiger partial charge >= 0.3 is 17.9 Å². The van der Waals surface area contributed by atoms with Crippen molar-refractivity contribution in [1.82, 2.24) is 0 Å². The lowest BCUT2D eigenvalue weighted by Crippen LogP contribution is -2.06. The van der Waals surface area contributed by atoms with Crippen LogP contribution < -0.4 is 14.2 Å². The van der Waals surface area contributed by atoms with E-state index in [0.29, 0.717) is 22.8 Å². The predicted octanol–water partition coefficient (Wildman–Crippen LogP) is 7.61. The van der Waals surface area contributed by atoms with Crippen molar-refractivity contribution in [1.29, 1.82) is 0 Å². The monoisotopic (exact) mass is 524 g/mol. The molecule has 0 aliphatic heterocycles. The van der Waals surface area contributed by atoms with Crippen LogP contribution in [0.3, 0.4) is 0 Å².